The SMILES string of the molecule is CCN(CC)S(=O)(=O)c1ccc(O[C@H](C)C(=O)c2ccc(C)cc2)c([N+](=O)[O-])c1. The van der Waals surface area contributed by atoms with Crippen molar-refractivity contribution in [3.05, 3.63) is 63.7 Å². The summed E-state index contributed by atoms with van der Waals surface area (Å²) in [7, 11) is -3.86. The molecule has 2 aromatic rings. The Kier molecular flexibility index (Phi) is 7.10. The largest absolute Gasteiger partial charge is 0.475 e. The highest BCUT2D eigenvalue weighted by Crippen LogP contribution is 2.32. The lowest BCUT2D eigenvalue weighted by Gasteiger charge is -2.19. The number of benzene rings is 2. The maximum Gasteiger partial charge on any atom is 0.312 e. The zero-order valence-corrected chi connectivity index (χ0v) is 17.6. The van der Waals surface area contributed by atoms with E-state index in [2.05, 4.69) is 0 Å². The van der Waals surface area contributed by atoms with Gasteiger partial charge in [0.2, 0.25) is 15.8 Å². The fraction of sp³-hybridized carbons (Fsp3) is 0.350. The van der Waals surface area contributed by atoms with Crippen LogP contribution in [0.25, 0.3) is 0 Å². The number of nitro groups is 1. The van der Waals surface area contributed by atoms with Crippen molar-refractivity contribution < 1.29 is 22.9 Å². The van der Waals surface area contributed by atoms with Gasteiger partial charge in [-0.2, -0.15) is 4.31 Å². The van der Waals surface area contributed by atoms with Gasteiger partial charge < -0.3 is 4.74 Å². The lowest BCUT2D eigenvalue weighted by Crippen LogP contribution is -2.30. The van der Waals surface area contributed by atoms with Gasteiger partial charge in [0.05, 0.1) is 9.82 Å². The van der Waals surface area contributed by atoms with E-state index in [4.69, 9.17) is 4.74 Å². The van der Waals surface area contributed by atoms with Gasteiger partial charge in [-0.15, -0.1) is 0 Å². The number of sulfonamides is 1. The maximum absolute atomic E-state index is 12.6. The van der Waals surface area contributed by atoms with Crippen molar-refractivity contribution in [3.8, 4) is 5.75 Å². The van der Waals surface area contributed by atoms with Gasteiger partial charge in [-0.25, -0.2) is 8.42 Å². The van der Waals surface area contributed by atoms with Crippen molar-refractivity contribution in [1.82, 2.24) is 4.31 Å². The molecular weight excluding hydrogens is 396 g/mol. The molecule has 0 radical (unpaired) electrons. The number of carbonyl (C=O) groups is 1. The number of aryl methyl sites for hydroxylation is 1. The Bertz CT molecular complexity index is 998. The molecule has 0 aliphatic rings. The first-order valence-corrected chi connectivity index (χ1v) is 10.6. The van der Waals surface area contributed by atoms with Gasteiger partial charge in [-0.1, -0.05) is 43.7 Å². The Morgan fingerprint density at radius 1 is 1.14 bits per heavy atom. The number of ether oxygens (including phenoxy) is 1. The third-order valence-corrected chi connectivity index (χ3v) is 6.53. The molecule has 0 N–H and O–H groups in total. The topological polar surface area (TPSA) is 107 Å². The van der Waals surface area contributed by atoms with Crippen LogP contribution < -0.4 is 4.74 Å². The molecule has 0 aromatic heterocycles. The van der Waals surface area contributed by atoms with Gasteiger partial charge in [-0.3, -0.25) is 14.9 Å². The van der Waals surface area contributed by atoms with Crippen LogP contribution in [-0.4, -0.2) is 42.6 Å². The smallest absolute Gasteiger partial charge is 0.312 e. The quantitative estimate of drug-likeness (QED) is 0.349. The first kappa shape index (κ1) is 22.5. The van der Waals surface area contributed by atoms with E-state index >= 15 is 0 Å². The highest BCUT2D eigenvalue weighted by Gasteiger charge is 2.28. The number of Topliss-reactive ketones (excluding diaryl/α,β-unsaturated/α-hetero) is 1. The Morgan fingerprint density at radius 2 is 1.72 bits per heavy atom. The molecule has 0 saturated carbocycles. The van der Waals surface area contributed by atoms with Gasteiger partial charge in [-0.05, 0) is 26.0 Å². The van der Waals surface area contributed by atoms with E-state index in [9.17, 15) is 23.3 Å². The van der Waals surface area contributed by atoms with Gasteiger partial charge in [0, 0.05) is 24.7 Å². The number of nitrogens with zero attached hydrogens (tertiary/aromatic N) is 2. The van der Waals surface area contributed by atoms with Crippen molar-refractivity contribution in [2.45, 2.75) is 38.7 Å². The third-order valence-electron chi connectivity index (χ3n) is 4.48. The lowest BCUT2D eigenvalue weighted by atomic mass is 10.1. The van der Waals surface area contributed by atoms with Crippen molar-refractivity contribution in [2.24, 2.45) is 0 Å². The monoisotopic (exact) mass is 420 g/mol. The van der Waals surface area contributed by atoms with E-state index in [0.29, 0.717) is 5.56 Å². The molecule has 0 heterocycles. The zero-order chi connectivity index (χ0) is 21.8. The minimum atomic E-state index is -3.86. The number of ketones is 1. The van der Waals surface area contributed by atoms with Crippen molar-refractivity contribution in [3.63, 3.8) is 0 Å². The second kappa shape index (κ2) is 9.15. The van der Waals surface area contributed by atoms with Crippen LogP contribution in [0.3, 0.4) is 0 Å². The average Bonchev–Trinajstić information content (AvgIpc) is 2.68. The summed E-state index contributed by atoms with van der Waals surface area (Å²) in [4.78, 5) is 23.1. The average molecular weight is 420 g/mol. The molecule has 9 heteroatoms. The third kappa shape index (κ3) is 4.99. The minimum Gasteiger partial charge on any atom is -0.475 e. The van der Waals surface area contributed by atoms with Crippen molar-refractivity contribution in [1.29, 1.82) is 0 Å². The summed E-state index contributed by atoms with van der Waals surface area (Å²) < 4.78 is 32.0. The van der Waals surface area contributed by atoms with E-state index < -0.39 is 26.7 Å². The molecule has 0 aliphatic carbocycles. The Labute approximate surface area is 170 Å². The summed E-state index contributed by atoms with van der Waals surface area (Å²) in [5.74, 6) is -0.499. The zero-order valence-electron chi connectivity index (χ0n) is 16.8. The number of hydrogen-bond donors (Lipinski definition) is 0. The van der Waals surface area contributed by atoms with Crippen LogP contribution in [-0.2, 0) is 10.0 Å². The predicted octanol–water partition coefficient (Wildman–Crippen LogP) is 3.58. The summed E-state index contributed by atoms with van der Waals surface area (Å²) in [6.07, 6.45) is -0.985. The molecular formula is C20H24N2O6S. The number of hydrogen-bond acceptors (Lipinski definition) is 6. The standard InChI is InChI=1S/C20H24N2O6S/c1-5-21(6-2)29(26,27)17-11-12-19(18(13-17)22(24)25)28-15(4)20(23)16-9-7-14(3)8-10-16/h7-13,15H,5-6H2,1-4H3/t15-/m1/s1. The summed E-state index contributed by atoms with van der Waals surface area (Å²) in [5.41, 5.74) is 0.907. The summed E-state index contributed by atoms with van der Waals surface area (Å²) in [6, 6.07) is 10.3. The molecule has 2 aromatic carbocycles. The first-order chi connectivity index (χ1) is 13.6. The van der Waals surface area contributed by atoms with Crippen LogP contribution in [0.2, 0.25) is 0 Å². The lowest BCUT2D eigenvalue weighted by molar-refractivity contribution is -0.386. The van der Waals surface area contributed by atoms with Crippen LogP contribution in [0.5, 0.6) is 5.75 Å². The molecule has 156 valence electrons. The second-order valence-corrected chi connectivity index (χ2v) is 8.40. The summed E-state index contributed by atoms with van der Waals surface area (Å²) in [6.45, 7) is 7.24. The predicted molar refractivity (Wildman–Crippen MR) is 109 cm³/mol. The highest BCUT2D eigenvalue weighted by molar-refractivity contribution is 7.89. The van der Waals surface area contributed by atoms with Crippen LogP contribution in [0.15, 0.2) is 47.4 Å². The van der Waals surface area contributed by atoms with Crippen LogP contribution >= 0.6 is 0 Å². The molecule has 0 aliphatic heterocycles. The second-order valence-electron chi connectivity index (χ2n) is 6.47. The van der Waals surface area contributed by atoms with Crippen LogP contribution in [0, 0.1) is 17.0 Å². The van der Waals surface area contributed by atoms with E-state index in [0.717, 1.165) is 11.6 Å². The normalized spacial score (nSPS) is 12.6. The minimum absolute atomic E-state index is 0.165. The Balaban J connectivity index is 2.35. The van der Waals surface area contributed by atoms with Crippen molar-refractivity contribution >= 4 is 21.5 Å². The Hall–Kier alpha value is -2.78. The molecule has 8 nitrogen and oxygen atoms in total. The maximum atomic E-state index is 12.6. The number of rotatable bonds is 9. The number of carbonyl (C=O) groups excluding carboxylic acids is 1. The van der Waals surface area contributed by atoms with Gasteiger partial charge >= 0.3 is 5.69 Å². The molecule has 0 spiro atoms. The van der Waals surface area contributed by atoms with E-state index in [1.54, 1.807) is 38.1 Å². The van der Waals surface area contributed by atoms with Crippen molar-refractivity contribution in [2.75, 3.05) is 13.1 Å². The van der Waals surface area contributed by atoms with Gasteiger partial charge in [0.15, 0.2) is 11.9 Å². The van der Waals surface area contributed by atoms with Gasteiger partial charge in [0.1, 0.15) is 0 Å². The molecule has 2 rings (SSSR count). The number of nitro benzene ring substituents is 1. The van der Waals surface area contributed by atoms with E-state index in [1.807, 2.05) is 6.92 Å². The van der Waals surface area contributed by atoms with Crippen LogP contribution in [0.1, 0.15) is 36.7 Å². The van der Waals surface area contributed by atoms with E-state index in [1.165, 1.54) is 23.4 Å². The molecule has 29 heavy (non-hydrogen) atoms. The molecule has 0 bridgehead atoms. The molecule has 0 fully saturated rings. The van der Waals surface area contributed by atoms with Gasteiger partial charge in [0.25, 0.3) is 0 Å². The fourth-order valence-corrected chi connectivity index (χ4v) is 4.29. The summed E-state index contributed by atoms with van der Waals surface area (Å²) >= 11 is 0. The molecule has 0 saturated heterocycles. The van der Waals surface area contributed by atoms with Crippen LogP contribution in [0.4, 0.5) is 5.69 Å². The summed E-state index contributed by atoms with van der Waals surface area (Å²) in [5, 5.41) is 11.5. The Morgan fingerprint density at radius 3 is 2.24 bits per heavy atom. The highest BCUT2D eigenvalue weighted by atomic mass is 32.2. The fourth-order valence-electron chi connectivity index (χ4n) is 2.81. The van der Waals surface area contributed by atoms with E-state index in [-0.39, 0.29) is 29.5 Å². The molecule has 0 unspecified atom stereocenters. The molecule has 1 atom stereocenters. The molecule has 0 amide bonds. The first-order valence-electron chi connectivity index (χ1n) is 9.17.